The van der Waals surface area contributed by atoms with E-state index in [1.807, 2.05) is 84.9 Å². The lowest BCUT2D eigenvalue weighted by Crippen LogP contribution is -2.27. The van der Waals surface area contributed by atoms with Crippen LogP contribution in [0.5, 0.6) is 0 Å². The number of amides is 1. The molecule has 0 heterocycles. The van der Waals surface area contributed by atoms with Crippen molar-refractivity contribution in [3.8, 4) is 11.1 Å². The molecule has 5 nitrogen and oxygen atoms in total. The number of para-hydroxylation sites is 2. The summed E-state index contributed by atoms with van der Waals surface area (Å²) in [6.45, 7) is 0. The lowest BCUT2D eigenvalue weighted by molar-refractivity contribution is -0.384. The van der Waals surface area contributed by atoms with Crippen LogP contribution in [0, 0.1) is 10.1 Å². The molecule has 152 valence electrons. The first-order chi connectivity index (χ1) is 15.1. The van der Waals surface area contributed by atoms with Gasteiger partial charge >= 0.3 is 0 Å². The number of rotatable bonds is 6. The molecule has 0 spiro atoms. The SMILES string of the molecule is O=C(Cc1ccc(-c2ccc([N+](=O)[O-])cc2)cc1)N(c1ccccc1)c1ccccc1. The number of nitro benzene ring substituents is 1. The Morgan fingerprint density at radius 2 is 1.13 bits per heavy atom. The fourth-order valence-corrected chi connectivity index (χ4v) is 3.44. The van der Waals surface area contributed by atoms with E-state index in [1.54, 1.807) is 17.0 Å². The van der Waals surface area contributed by atoms with Gasteiger partial charge in [0.15, 0.2) is 0 Å². The molecular formula is C26H20N2O3. The van der Waals surface area contributed by atoms with E-state index in [0.717, 1.165) is 28.1 Å². The Morgan fingerprint density at radius 1 is 0.677 bits per heavy atom. The fraction of sp³-hybridized carbons (Fsp3) is 0.0385. The predicted molar refractivity (Wildman–Crippen MR) is 122 cm³/mol. The molecule has 0 aliphatic carbocycles. The van der Waals surface area contributed by atoms with Gasteiger partial charge in [0.2, 0.25) is 5.91 Å². The van der Waals surface area contributed by atoms with E-state index >= 15 is 0 Å². The van der Waals surface area contributed by atoms with Crippen molar-refractivity contribution < 1.29 is 9.72 Å². The van der Waals surface area contributed by atoms with Crippen LogP contribution in [0.3, 0.4) is 0 Å². The molecule has 0 aliphatic rings. The lowest BCUT2D eigenvalue weighted by Gasteiger charge is -2.23. The maximum atomic E-state index is 13.2. The number of hydrogen-bond acceptors (Lipinski definition) is 3. The van der Waals surface area contributed by atoms with Crippen LogP contribution in [0.15, 0.2) is 109 Å². The number of nitrogens with zero attached hydrogens (tertiary/aromatic N) is 2. The number of benzene rings is 4. The smallest absolute Gasteiger partial charge is 0.269 e. The second-order valence-corrected chi connectivity index (χ2v) is 7.08. The van der Waals surface area contributed by atoms with Gasteiger partial charge in [0, 0.05) is 23.5 Å². The molecule has 0 saturated carbocycles. The Morgan fingerprint density at radius 3 is 1.58 bits per heavy atom. The molecule has 4 aromatic carbocycles. The number of hydrogen-bond donors (Lipinski definition) is 0. The maximum absolute atomic E-state index is 13.2. The van der Waals surface area contributed by atoms with Crippen LogP contribution in [-0.4, -0.2) is 10.8 Å². The first-order valence-electron chi connectivity index (χ1n) is 9.88. The van der Waals surface area contributed by atoms with Crippen molar-refractivity contribution in [1.29, 1.82) is 0 Å². The molecule has 0 N–H and O–H groups in total. The van der Waals surface area contributed by atoms with Gasteiger partial charge in [0.1, 0.15) is 0 Å². The van der Waals surface area contributed by atoms with Crippen LogP contribution in [0.2, 0.25) is 0 Å². The van der Waals surface area contributed by atoms with Crippen molar-refractivity contribution in [2.45, 2.75) is 6.42 Å². The molecule has 0 aliphatic heterocycles. The van der Waals surface area contributed by atoms with Gasteiger partial charge < -0.3 is 0 Å². The van der Waals surface area contributed by atoms with Gasteiger partial charge in [-0.05, 0) is 53.1 Å². The molecule has 31 heavy (non-hydrogen) atoms. The van der Waals surface area contributed by atoms with E-state index in [4.69, 9.17) is 0 Å². The molecule has 1 amide bonds. The Bertz CT molecular complexity index is 1130. The molecule has 5 heteroatoms. The minimum absolute atomic E-state index is 0.0273. The molecular weight excluding hydrogens is 388 g/mol. The van der Waals surface area contributed by atoms with Gasteiger partial charge in [-0.25, -0.2) is 0 Å². The van der Waals surface area contributed by atoms with E-state index in [0.29, 0.717) is 0 Å². The third-order valence-electron chi connectivity index (χ3n) is 5.00. The summed E-state index contributed by atoms with van der Waals surface area (Å²) in [5, 5.41) is 10.8. The summed E-state index contributed by atoms with van der Waals surface area (Å²) in [4.78, 5) is 25.4. The summed E-state index contributed by atoms with van der Waals surface area (Å²) < 4.78 is 0. The summed E-state index contributed by atoms with van der Waals surface area (Å²) in [5.41, 5.74) is 4.43. The third kappa shape index (κ3) is 4.67. The van der Waals surface area contributed by atoms with E-state index < -0.39 is 4.92 Å². The standard InChI is InChI=1S/C26H20N2O3/c29-26(27(23-7-3-1-4-8-23)24-9-5-2-6-10-24)19-20-11-13-21(14-12-20)22-15-17-25(18-16-22)28(30)31/h1-18H,19H2. The molecule has 4 aromatic rings. The second kappa shape index (κ2) is 9.05. The van der Waals surface area contributed by atoms with Crippen LogP contribution in [0.1, 0.15) is 5.56 Å². The summed E-state index contributed by atoms with van der Waals surface area (Å²) in [5.74, 6) is -0.0273. The van der Waals surface area contributed by atoms with Gasteiger partial charge in [-0.2, -0.15) is 0 Å². The monoisotopic (exact) mass is 408 g/mol. The number of carbonyl (C=O) groups is 1. The van der Waals surface area contributed by atoms with Gasteiger partial charge in [-0.15, -0.1) is 0 Å². The van der Waals surface area contributed by atoms with Crippen LogP contribution in [-0.2, 0) is 11.2 Å². The van der Waals surface area contributed by atoms with Crippen molar-refractivity contribution >= 4 is 23.0 Å². The van der Waals surface area contributed by atoms with Crippen LogP contribution >= 0.6 is 0 Å². The van der Waals surface area contributed by atoms with E-state index in [9.17, 15) is 14.9 Å². The molecule has 4 rings (SSSR count). The zero-order valence-electron chi connectivity index (χ0n) is 16.7. The van der Waals surface area contributed by atoms with Crippen LogP contribution < -0.4 is 4.90 Å². The van der Waals surface area contributed by atoms with Gasteiger partial charge in [0.25, 0.3) is 5.69 Å². The molecule has 0 aromatic heterocycles. The zero-order chi connectivity index (χ0) is 21.6. The van der Waals surface area contributed by atoms with Crippen LogP contribution in [0.25, 0.3) is 11.1 Å². The average Bonchev–Trinajstić information content (AvgIpc) is 2.81. The minimum Gasteiger partial charge on any atom is -0.281 e. The number of non-ortho nitro benzene ring substituents is 1. The molecule has 0 radical (unpaired) electrons. The van der Waals surface area contributed by atoms with Gasteiger partial charge in [-0.3, -0.25) is 19.8 Å². The van der Waals surface area contributed by atoms with E-state index in [2.05, 4.69) is 0 Å². The van der Waals surface area contributed by atoms with Crippen molar-refractivity contribution in [2.75, 3.05) is 4.90 Å². The highest BCUT2D eigenvalue weighted by Crippen LogP contribution is 2.27. The maximum Gasteiger partial charge on any atom is 0.269 e. The zero-order valence-corrected chi connectivity index (χ0v) is 16.7. The quantitative estimate of drug-likeness (QED) is 0.283. The molecule has 0 atom stereocenters. The first-order valence-corrected chi connectivity index (χ1v) is 9.88. The normalized spacial score (nSPS) is 10.5. The predicted octanol–water partition coefficient (Wildman–Crippen LogP) is 6.17. The summed E-state index contributed by atoms with van der Waals surface area (Å²) >= 11 is 0. The van der Waals surface area contributed by atoms with Crippen molar-refractivity contribution in [1.82, 2.24) is 0 Å². The Kier molecular flexibility index (Phi) is 5.85. The van der Waals surface area contributed by atoms with E-state index in [1.165, 1.54) is 12.1 Å². The lowest BCUT2D eigenvalue weighted by atomic mass is 10.0. The fourth-order valence-electron chi connectivity index (χ4n) is 3.44. The number of anilines is 2. The number of nitro groups is 1. The summed E-state index contributed by atoms with van der Waals surface area (Å²) in [7, 11) is 0. The highest BCUT2D eigenvalue weighted by Gasteiger charge is 2.18. The largest absolute Gasteiger partial charge is 0.281 e. The van der Waals surface area contributed by atoms with E-state index in [-0.39, 0.29) is 18.0 Å². The Balaban J connectivity index is 1.54. The van der Waals surface area contributed by atoms with Crippen molar-refractivity contribution in [2.24, 2.45) is 0 Å². The summed E-state index contributed by atoms with van der Waals surface area (Å²) in [6.07, 6.45) is 0.254. The minimum atomic E-state index is -0.413. The van der Waals surface area contributed by atoms with Gasteiger partial charge in [0.05, 0.1) is 11.3 Å². The molecule has 0 fully saturated rings. The highest BCUT2D eigenvalue weighted by atomic mass is 16.6. The average molecular weight is 408 g/mol. The van der Waals surface area contributed by atoms with Crippen molar-refractivity contribution in [3.63, 3.8) is 0 Å². The molecule has 0 bridgehead atoms. The molecule has 0 saturated heterocycles. The highest BCUT2D eigenvalue weighted by molar-refractivity contribution is 6.01. The number of carbonyl (C=O) groups excluding carboxylic acids is 1. The van der Waals surface area contributed by atoms with Crippen LogP contribution in [0.4, 0.5) is 17.1 Å². The Labute approximate surface area is 180 Å². The second-order valence-electron chi connectivity index (χ2n) is 7.08. The summed E-state index contributed by atoms with van der Waals surface area (Å²) in [6, 6.07) is 33.3. The third-order valence-corrected chi connectivity index (χ3v) is 5.00. The Hall–Kier alpha value is -4.25. The van der Waals surface area contributed by atoms with Crippen molar-refractivity contribution in [3.05, 3.63) is 125 Å². The van der Waals surface area contributed by atoms with Gasteiger partial charge in [-0.1, -0.05) is 60.7 Å². The molecule has 0 unspecified atom stereocenters. The topological polar surface area (TPSA) is 63.4 Å². The first kappa shape index (κ1) is 20.0.